The first-order valence-corrected chi connectivity index (χ1v) is 6.37. The second kappa shape index (κ2) is 5.08. The number of rotatable bonds is 1. The first-order chi connectivity index (χ1) is 9.20. The molecule has 1 unspecified atom stereocenters. The third-order valence-corrected chi connectivity index (χ3v) is 3.58. The van der Waals surface area contributed by atoms with Gasteiger partial charge in [0.15, 0.2) is 0 Å². The molecule has 108 valence electrons. The van der Waals surface area contributed by atoms with Gasteiger partial charge in [-0.1, -0.05) is 22.0 Å². The van der Waals surface area contributed by atoms with E-state index in [-0.39, 0.29) is 13.0 Å². The Morgan fingerprint density at radius 2 is 1.95 bits per heavy atom. The highest BCUT2D eigenvalue weighted by Gasteiger charge is 2.47. The number of amides is 1. The molecule has 0 aliphatic carbocycles. The van der Waals surface area contributed by atoms with Crippen LogP contribution in [0.3, 0.4) is 0 Å². The zero-order valence-corrected chi connectivity index (χ0v) is 11.5. The number of alkyl halides is 3. The minimum Gasteiger partial charge on any atom is -0.480 e. The quantitative estimate of drug-likeness (QED) is 0.844. The highest BCUT2D eigenvalue weighted by molar-refractivity contribution is 9.10. The van der Waals surface area contributed by atoms with Crippen molar-refractivity contribution in [1.82, 2.24) is 4.90 Å². The number of hydrogen-bond donors (Lipinski definition) is 1. The molecule has 0 bridgehead atoms. The second-order valence-corrected chi connectivity index (χ2v) is 5.32. The number of benzene rings is 1. The first kappa shape index (κ1) is 14.8. The summed E-state index contributed by atoms with van der Waals surface area (Å²) in [5, 5.41) is 9.03. The largest absolute Gasteiger partial charge is 0.480 e. The third kappa shape index (κ3) is 2.79. The predicted molar refractivity (Wildman–Crippen MR) is 65.9 cm³/mol. The van der Waals surface area contributed by atoms with E-state index in [1.165, 1.54) is 0 Å². The van der Waals surface area contributed by atoms with Gasteiger partial charge in [0, 0.05) is 17.4 Å². The Balaban J connectivity index is 2.40. The van der Waals surface area contributed by atoms with Crippen LogP contribution >= 0.6 is 15.9 Å². The Bertz CT molecular complexity index is 574. The van der Waals surface area contributed by atoms with Gasteiger partial charge in [0.25, 0.3) is 0 Å². The summed E-state index contributed by atoms with van der Waals surface area (Å²) in [5.74, 6) is -3.58. The summed E-state index contributed by atoms with van der Waals surface area (Å²) in [6, 6.07) is 3.41. The van der Waals surface area contributed by atoms with E-state index in [1.54, 1.807) is 18.2 Å². The Labute approximate surface area is 120 Å². The van der Waals surface area contributed by atoms with Crippen molar-refractivity contribution >= 4 is 27.8 Å². The van der Waals surface area contributed by atoms with Gasteiger partial charge in [-0.3, -0.25) is 4.79 Å². The highest BCUT2D eigenvalue weighted by Crippen LogP contribution is 2.30. The normalized spacial score (nSPS) is 18.6. The van der Waals surface area contributed by atoms with Crippen LogP contribution in [-0.4, -0.2) is 34.1 Å². The number of fused-ring (bicyclic) bond motifs is 1. The van der Waals surface area contributed by atoms with E-state index in [0.29, 0.717) is 20.5 Å². The fourth-order valence-corrected chi connectivity index (χ4v) is 2.56. The summed E-state index contributed by atoms with van der Waals surface area (Å²) < 4.78 is 38.3. The van der Waals surface area contributed by atoms with E-state index >= 15 is 0 Å². The zero-order valence-electron chi connectivity index (χ0n) is 9.95. The van der Waals surface area contributed by atoms with Crippen LogP contribution in [0.25, 0.3) is 0 Å². The molecule has 0 saturated carbocycles. The van der Waals surface area contributed by atoms with Crippen LogP contribution in [0.4, 0.5) is 13.2 Å². The molecule has 1 aromatic rings. The fourth-order valence-electron chi connectivity index (χ4n) is 2.15. The number of hydrogen-bond acceptors (Lipinski definition) is 2. The van der Waals surface area contributed by atoms with Crippen LogP contribution in [0.5, 0.6) is 0 Å². The smallest absolute Gasteiger partial charge is 0.471 e. The lowest BCUT2D eigenvalue weighted by molar-refractivity contribution is -0.191. The molecule has 2 rings (SSSR count). The number of carboxylic acids is 1. The van der Waals surface area contributed by atoms with Crippen molar-refractivity contribution in [3.63, 3.8) is 0 Å². The molecule has 0 radical (unpaired) electrons. The average molecular weight is 352 g/mol. The molecule has 1 atom stereocenters. The van der Waals surface area contributed by atoms with Gasteiger partial charge in [0.2, 0.25) is 0 Å². The Kier molecular flexibility index (Phi) is 3.77. The van der Waals surface area contributed by atoms with Gasteiger partial charge in [0.1, 0.15) is 6.04 Å². The van der Waals surface area contributed by atoms with E-state index in [4.69, 9.17) is 5.11 Å². The van der Waals surface area contributed by atoms with Crippen LogP contribution < -0.4 is 0 Å². The van der Waals surface area contributed by atoms with E-state index < -0.39 is 24.1 Å². The van der Waals surface area contributed by atoms with Crippen molar-refractivity contribution in [3.05, 3.63) is 33.8 Å². The van der Waals surface area contributed by atoms with Crippen LogP contribution in [0.1, 0.15) is 11.1 Å². The summed E-state index contributed by atoms with van der Waals surface area (Å²) >= 11 is 3.19. The highest BCUT2D eigenvalue weighted by atomic mass is 79.9. The van der Waals surface area contributed by atoms with Gasteiger partial charge in [0.05, 0.1) is 0 Å². The van der Waals surface area contributed by atoms with Crippen LogP contribution in [0.15, 0.2) is 22.7 Å². The number of nitrogens with zero attached hydrogens (tertiary/aromatic N) is 1. The zero-order chi connectivity index (χ0) is 15.1. The summed E-state index contributed by atoms with van der Waals surface area (Å²) in [4.78, 5) is 22.8. The van der Waals surface area contributed by atoms with Crippen molar-refractivity contribution in [2.45, 2.75) is 25.2 Å². The standard InChI is InChI=1S/C12H9BrF3NO3/c13-8-2-1-6-4-9(10(18)19)17(5-7(6)3-8)11(20)12(14,15)16/h1-3,9H,4-5H2,(H,18,19). The fraction of sp³-hybridized carbons (Fsp3) is 0.333. The van der Waals surface area contributed by atoms with Gasteiger partial charge >= 0.3 is 18.1 Å². The molecule has 1 aliphatic heterocycles. The maximum Gasteiger partial charge on any atom is 0.471 e. The number of halogens is 4. The van der Waals surface area contributed by atoms with Crippen molar-refractivity contribution in [2.24, 2.45) is 0 Å². The van der Waals surface area contributed by atoms with Crippen molar-refractivity contribution in [1.29, 1.82) is 0 Å². The lowest BCUT2D eigenvalue weighted by Gasteiger charge is -2.34. The van der Waals surface area contributed by atoms with Gasteiger partial charge in [-0.25, -0.2) is 4.79 Å². The van der Waals surface area contributed by atoms with Gasteiger partial charge < -0.3 is 10.0 Å². The molecule has 0 spiro atoms. The molecule has 20 heavy (non-hydrogen) atoms. The monoisotopic (exact) mass is 351 g/mol. The van der Waals surface area contributed by atoms with E-state index in [2.05, 4.69) is 15.9 Å². The molecule has 1 aromatic carbocycles. The Morgan fingerprint density at radius 1 is 1.30 bits per heavy atom. The average Bonchev–Trinajstić information content (AvgIpc) is 2.34. The van der Waals surface area contributed by atoms with Crippen LogP contribution in [0, 0.1) is 0 Å². The minimum absolute atomic E-state index is 0.139. The second-order valence-electron chi connectivity index (χ2n) is 4.40. The van der Waals surface area contributed by atoms with Crippen LogP contribution in [0.2, 0.25) is 0 Å². The van der Waals surface area contributed by atoms with Gasteiger partial charge in [-0.2, -0.15) is 13.2 Å². The summed E-state index contributed by atoms with van der Waals surface area (Å²) in [7, 11) is 0. The molecule has 4 nitrogen and oxygen atoms in total. The maximum atomic E-state index is 12.5. The SMILES string of the molecule is O=C(O)C1Cc2ccc(Br)cc2CN1C(=O)C(F)(F)F. The molecular weight excluding hydrogens is 343 g/mol. The molecule has 0 aromatic heterocycles. The first-order valence-electron chi connectivity index (χ1n) is 5.58. The summed E-state index contributed by atoms with van der Waals surface area (Å²) in [6.45, 7) is -0.371. The van der Waals surface area contributed by atoms with Crippen molar-refractivity contribution in [3.8, 4) is 0 Å². The predicted octanol–water partition coefficient (Wildman–Crippen LogP) is 2.35. The van der Waals surface area contributed by atoms with Crippen LogP contribution in [-0.2, 0) is 22.6 Å². The molecule has 0 fully saturated rings. The molecule has 0 saturated heterocycles. The van der Waals surface area contributed by atoms with E-state index in [1.807, 2.05) is 0 Å². The van der Waals surface area contributed by atoms with E-state index in [0.717, 1.165) is 0 Å². The Morgan fingerprint density at radius 3 is 2.50 bits per heavy atom. The van der Waals surface area contributed by atoms with Crippen molar-refractivity contribution in [2.75, 3.05) is 0 Å². The molecule has 8 heteroatoms. The molecular formula is C12H9BrF3NO3. The van der Waals surface area contributed by atoms with Crippen molar-refractivity contribution < 1.29 is 27.9 Å². The van der Waals surface area contributed by atoms with Gasteiger partial charge in [-0.15, -0.1) is 0 Å². The molecule has 1 amide bonds. The third-order valence-electron chi connectivity index (χ3n) is 3.09. The Hall–Kier alpha value is -1.57. The number of carbonyl (C=O) groups excluding carboxylic acids is 1. The maximum absolute atomic E-state index is 12.5. The lowest BCUT2D eigenvalue weighted by Crippen LogP contribution is -2.52. The molecule has 1 heterocycles. The number of carbonyl (C=O) groups is 2. The number of aliphatic carboxylic acids is 1. The lowest BCUT2D eigenvalue weighted by atomic mass is 9.94. The summed E-state index contributed by atoms with van der Waals surface area (Å²) in [6.07, 6.45) is -5.23. The number of carboxylic acid groups (broad SMARTS) is 1. The van der Waals surface area contributed by atoms with E-state index in [9.17, 15) is 22.8 Å². The minimum atomic E-state index is -5.09. The molecule has 1 aliphatic rings. The van der Waals surface area contributed by atoms with Gasteiger partial charge in [-0.05, 0) is 23.3 Å². The summed E-state index contributed by atoms with van der Waals surface area (Å²) in [5.41, 5.74) is 1.14. The molecule has 1 N–H and O–H groups in total. The topological polar surface area (TPSA) is 57.6 Å².